The van der Waals surface area contributed by atoms with Gasteiger partial charge in [-0.2, -0.15) is 0 Å². The molecule has 2 aliphatic rings. The fourth-order valence-corrected chi connectivity index (χ4v) is 2.87. The fourth-order valence-electron chi connectivity index (χ4n) is 2.87. The first-order valence-electron chi connectivity index (χ1n) is 7.11. The highest BCUT2D eigenvalue weighted by Crippen LogP contribution is 2.26. The van der Waals surface area contributed by atoms with Crippen molar-refractivity contribution in [1.29, 1.82) is 0 Å². The SMILES string of the molecule is NC1CCC(C(=O)Nc2ccc3c(c2)C(=O)NC3=O)CC1. The summed E-state index contributed by atoms with van der Waals surface area (Å²) in [5.41, 5.74) is 7.03. The lowest BCUT2D eigenvalue weighted by Crippen LogP contribution is -2.32. The zero-order valence-corrected chi connectivity index (χ0v) is 11.5. The molecule has 3 amide bonds. The summed E-state index contributed by atoms with van der Waals surface area (Å²) in [6, 6.07) is 4.94. The van der Waals surface area contributed by atoms with Crippen LogP contribution in [0.3, 0.4) is 0 Å². The van der Waals surface area contributed by atoms with Crippen LogP contribution in [-0.2, 0) is 4.79 Å². The van der Waals surface area contributed by atoms with Gasteiger partial charge in [-0.1, -0.05) is 0 Å². The van der Waals surface area contributed by atoms with Crippen molar-refractivity contribution in [2.45, 2.75) is 31.7 Å². The van der Waals surface area contributed by atoms with Crippen molar-refractivity contribution in [3.63, 3.8) is 0 Å². The lowest BCUT2D eigenvalue weighted by atomic mass is 9.86. The molecule has 1 saturated carbocycles. The Labute approximate surface area is 122 Å². The zero-order chi connectivity index (χ0) is 15.0. The van der Waals surface area contributed by atoms with E-state index in [-0.39, 0.29) is 17.9 Å². The molecule has 4 N–H and O–H groups in total. The van der Waals surface area contributed by atoms with E-state index in [1.807, 2.05) is 0 Å². The van der Waals surface area contributed by atoms with Gasteiger partial charge >= 0.3 is 0 Å². The highest BCUT2D eigenvalue weighted by Gasteiger charge is 2.28. The second kappa shape index (κ2) is 5.29. The van der Waals surface area contributed by atoms with E-state index >= 15 is 0 Å². The lowest BCUT2D eigenvalue weighted by Gasteiger charge is -2.25. The van der Waals surface area contributed by atoms with E-state index in [1.165, 1.54) is 0 Å². The van der Waals surface area contributed by atoms with E-state index in [1.54, 1.807) is 18.2 Å². The van der Waals surface area contributed by atoms with E-state index in [0.29, 0.717) is 16.8 Å². The van der Waals surface area contributed by atoms with Gasteiger partial charge in [-0.25, -0.2) is 0 Å². The first-order valence-corrected chi connectivity index (χ1v) is 7.11. The third kappa shape index (κ3) is 2.67. The Morgan fingerprint density at radius 3 is 2.48 bits per heavy atom. The van der Waals surface area contributed by atoms with Gasteiger partial charge in [0, 0.05) is 17.6 Å². The molecule has 0 aromatic heterocycles. The summed E-state index contributed by atoms with van der Waals surface area (Å²) >= 11 is 0. The summed E-state index contributed by atoms with van der Waals surface area (Å²) in [4.78, 5) is 35.3. The summed E-state index contributed by atoms with van der Waals surface area (Å²) in [5.74, 6) is -0.899. The van der Waals surface area contributed by atoms with Gasteiger partial charge in [0.1, 0.15) is 0 Å². The van der Waals surface area contributed by atoms with Gasteiger partial charge in [-0.3, -0.25) is 19.7 Å². The van der Waals surface area contributed by atoms with E-state index < -0.39 is 11.8 Å². The topological polar surface area (TPSA) is 101 Å². The number of hydrogen-bond acceptors (Lipinski definition) is 4. The number of anilines is 1. The largest absolute Gasteiger partial charge is 0.328 e. The van der Waals surface area contributed by atoms with Crippen LogP contribution in [0.4, 0.5) is 5.69 Å². The summed E-state index contributed by atoms with van der Waals surface area (Å²) in [6.45, 7) is 0. The minimum absolute atomic E-state index is 0.0338. The predicted octanol–water partition coefficient (Wildman–Crippen LogP) is 1.03. The molecule has 0 radical (unpaired) electrons. The Kier molecular flexibility index (Phi) is 3.47. The number of nitrogens with two attached hydrogens (primary N) is 1. The van der Waals surface area contributed by atoms with Crippen molar-refractivity contribution >= 4 is 23.4 Å². The molecule has 0 atom stereocenters. The average Bonchev–Trinajstić information content (AvgIpc) is 2.74. The maximum Gasteiger partial charge on any atom is 0.259 e. The Hall–Kier alpha value is -2.21. The second-order valence-corrected chi connectivity index (χ2v) is 5.64. The Bertz CT molecular complexity index is 619. The van der Waals surface area contributed by atoms with Crippen LogP contribution in [0.5, 0.6) is 0 Å². The third-order valence-electron chi connectivity index (χ3n) is 4.15. The number of carbonyl (C=O) groups is 3. The van der Waals surface area contributed by atoms with Crippen molar-refractivity contribution in [3.8, 4) is 0 Å². The smallest absolute Gasteiger partial charge is 0.259 e. The fraction of sp³-hybridized carbons (Fsp3) is 0.400. The molecule has 1 aliphatic carbocycles. The first-order chi connectivity index (χ1) is 10.0. The molecule has 1 heterocycles. The van der Waals surface area contributed by atoms with Gasteiger partial charge in [0.05, 0.1) is 11.1 Å². The third-order valence-corrected chi connectivity index (χ3v) is 4.15. The van der Waals surface area contributed by atoms with Crippen LogP contribution in [-0.4, -0.2) is 23.8 Å². The molecule has 6 heteroatoms. The van der Waals surface area contributed by atoms with Crippen molar-refractivity contribution in [2.24, 2.45) is 11.7 Å². The molecular weight excluding hydrogens is 270 g/mol. The monoisotopic (exact) mass is 287 g/mol. The van der Waals surface area contributed by atoms with E-state index in [9.17, 15) is 14.4 Å². The van der Waals surface area contributed by atoms with Gasteiger partial charge in [-0.05, 0) is 43.9 Å². The Morgan fingerprint density at radius 2 is 1.76 bits per heavy atom. The molecule has 3 rings (SSSR count). The van der Waals surface area contributed by atoms with Crippen LogP contribution in [0.2, 0.25) is 0 Å². The maximum absolute atomic E-state index is 12.2. The minimum atomic E-state index is -0.422. The van der Waals surface area contributed by atoms with E-state index in [2.05, 4.69) is 10.6 Å². The Balaban J connectivity index is 1.71. The van der Waals surface area contributed by atoms with Gasteiger partial charge in [-0.15, -0.1) is 0 Å². The number of imide groups is 1. The van der Waals surface area contributed by atoms with Crippen LogP contribution < -0.4 is 16.4 Å². The van der Waals surface area contributed by atoms with Gasteiger partial charge in [0.2, 0.25) is 5.91 Å². The van der Waals surface area contributed by atoms with Crippen molar-refractivity contribution in [2.75, 3.05) is 5.32 Å². The quantitative estimate of drug-likeness (QED) is 0.707. The molecule has 1 aromatic rings. The van der Waals surface area contributed by atoms with E-state index in [0.717, 1.165) is 25.7 Å². The van der Waals surface area contributed by atoms with Crippen LogP contribution in [0, 0.1) is 5.92 Å². The van der Waals surface area contributed by atoms with E-state index in [4.69, 9.17) is 5.73 Å². The second-order valence-electron chi connectivity index (χ2n) is 5.64. The number of benzene rings is 1. The number of amides is 3. The molecule has 21 heavy (non-hydrogen) atoms. The highest BCUT2D eigenvalue weighted by atomic mass is 16.2. The Morgan fingerprint density at radius 1 is 1.10 bits per heavy atom. The molecule has 0 bridgehead atoms. The van der Waals surface area contributed by atoms with Gasteiger partial charge in [0.15, 0.2) is 0 Å². The van der Waals surface area contributed by atoms with Crippen molar-refractivity contribution in [1.82, 2.24) is 5.32 Å². The zero-order valence-electron chi connectivity index (χ0n) is 11.5. The van der Waals surface area contributed by atoms with Gasteiger partial charge in [0.25, 0.3) is 11.8 Å². The summed E-state index contributed by atoms with van der Waals surface area (Å²) in [7, 11) is 0. The molecule has 1 fully saturated rings. The molecule has 0 saturated heterocycles. The number of carbonyl (C=O) groups excluding carboxylic acids is 3. The molecule has 110 valence electrons. The summed E-state index contributed by atoms with van der Waals surface area (Å²) in [5, 5.41) is 5.05. The van der Waals surface area contributed by atoms with Gasteiger partial charge < -0.3 is 11.1 Å². The minimum Gasteiger partial charge on any atom is -0.328 e. The molecule has 0 spiro atoms. The van der Waals surface area contributed by atoms with Crippen LogP contribution in [0.15, 0.2) is 18.2 Å². The number of rotatable bonds is 2. The number of fused-ring (bicyclic) bond motifs is 1. The number of nitrogens with one attached hydrogen (secondary N) is 2. The summed E-state index contributed by atoms with van der Waals surface area (Å²) in [6.07, 6.45) is 3.30. The van der Waals surface area contributed by atoms with Crippen LogP contribution in [0.25, 0.3) is 0 Å². The normalized spacial score (nSPS) is 24.4. The first kappa shape index (κ1) is 13.8. The highest BCUT2D eigenvalue weighted by molar-refractivity contribution is 6.22. The average molecular weight is 287 g/mol. The van der Waals surface area contributed by atoms with Crippen molar-refractivity contribution < 1.29 is 14.4 Å². The van der Waals surface area contributed by atoms with Crippen molar-refractivity contribution in [3.05, 3.63) is 29.3 Å². The van der Waals surface area contributed by atoms with Crippen LogP contribution >= 0.6 is 0 Å². The molecule has 0 unspecified atom stereocenters. The summed E-state index contributed by atoms with van der Waals surface area (Å²) < 4.78 is 0. The molecule has 1 aliphatic heterocycles. The number of hydrogen-bond donors (Lipinski definition) is 3. The molecule has 6 nitrogen and oxygen atoms in total. The maximum atomic E-state index is 12.2. The molecular formula is C15H17N3O3. The molecule has 1 aromatic carbocycles. The lowest BCUT2D eigenvalue weighted by molar-refractivity contribution is -0.120. The predicted molar refractivity (Wildman–Crippen MR) is 76.8 cm³/mol. The van der Waals surface area contributed by atoms with Crippen LogP contribution in [0.1, 0.15) is 46.4 Å². The standard InChI is InChI=1S/C15H17N3O3/c16-9-3-1-8(2-4-9)13(19)17-10-5-6-11-12(7-10)15(21)18-14(11)20/h5-9H,1-4,16H2,(H,17,19)(H,18,20,21).